The Balaban J connectivity index is 3.00. The SMILES string of the molecule is CCc1nn(CC)c(CC(O)C(OC)C(C)(C)C)c1Cl. The number of nitrogens with zero attached hydrogens (tertiary/aromatic N) is 2. The van der Waals surface area contributed by atoms with Crippen LogP contribution in [0.4, 0.5) is 0 Å². The van der Waals surface area contributed by atoms with E-state index in [9.17, 15) is 5.11 Å². The van der Waals surface area contributed by atoms with Crippen molar-refractivity contribution < 1.29 is 9.84 Å². The lowest BCUT2D eigenvalue weighted by Gasteiger charge is -2.33. The van der Waals surface area contributed by atoms with E-state index in [0.29, 0.717) is 11.4 Å². The zero-order valence-electron chi connectivity index (χ0n) is 13.4. The molecule has 116 valence electrons. The zero-order valence-corrected chi connectivity index (χ0v) is 14.2. The second-order valence-electron chi connectivity index (χ2n) is 6.17. The van der Waals surface area contributed by atoms with Gasteiger partial charge < -0.3 is 9.84 Å². The summed E-state index contributed by atoms with van der Waals surface area (Å²) >= 11 is 6.38. The summed E-state index contributed by atoms with van der Waals surface area (Å²) in [5.41, 5.74) is 1.65. The van der Waals surface area contributed by atoms with Crippen LogP contribution in [0.15, 0.2) is 0 Å². The molecule has 1 N–H and O–H groups in total. The Kier molecular flexibility index (Phi) is 6.05. The maximum Gasteiger partial charge on any atom is 0.0882 e. The van der Waals surface area contributed by atoms with Crippen LogP contribution in [0.5, 0.6) is 0 Å². The van der Waals surface area contributed by atoms with Gasteiger partial charge in [0.2, 0.25) is 0 Å². The molecule has 0 spiro atoms. The molecular formula is C15H27ClN2O2. The maximum atomic E-state index is 10.5. The monoisotopic (exact) mass is 302 g/mol. The van der Waals surface area contributed by atoms with E-state index in [2.05, 4.69) is 25.9 Å². The first-order valence-corrected chi connectivity index (χ1v) is 7.58. The summed E-state index contributed by atoms with van der Waals surface area (Å²) in [5, 5.41) is 15.7. The molecule has 0 bridgehead atoms. The van der Waals surface area contributed by atoms with E-state index < -0.39 is 6.10 Å². The molecule has 4 nitrogen and oxygen atoms in total. The lowest BCUT2D eigenvalue weighted by Crippen LogP contribution is -2.41. The number of halogens is 1. The Morgan fingerprint density at radius 2 is 1.95 bits per heavy atom. The molecule has 0 aliphatic carbocycles. The van der Waals surface area contributed by atoms with Crippen molar-refractivity contribution in [2.45, 2.75) is 66.2 Å². The molecule has 0 aliphatic heterocycles. The highest BCUT2D eigenvalue weighted by Crippen LogP contribution is 2.29. The highest BCUT2D eigenvalue weighted by molar-refractivity contribution is 6.31. The molecule has 1 aromatic rings. The van der Waals surface area contributed by atoms with Crippen molar-refractivity contribution in [3.63, 3.8) is 0 Å². The third kappa shape index (κ3) is 3.74. The highest BCUT2D eigenvalue weighted by atomic mass is 35.5. The Morgan fingerprint density at radius 1 is 1.35 bits per heavy atom. The smallest absolute Gasteiger partial charge is 0.0882 e. The van der Waals surface area contributed by atoms with Gasteiger partial charge in [0.15, 0.2) is 0 Å². The lowest BCUT2D eigenvalue weighted by molar-refractivity contribution is -0.0704. The van der Waals surface area contributed by atoms with Gasteiger partial charge in [-0.25, -0.2) is 0 Å². The van der Waals surface area contributed by atoms with E-state index in [-0.39, 0.29) is 11.5 Å². The largest absolute Gasteiger partial charge is 0.390 e. The Labute approximate surface area is 127 Å². The molecule has 0 amide bonds. The quantitative estimate of drug-likeness (QED) is 0.878. The van der Waals surface area contributed by atoms with E-state index in [1.54, 1.807) is 7.11 Å². The predicted octanol–water partition coefficient (Wildman–Crippen LogP) is 3.08. The summed E-state index contributed by atoms with van der Waals surface area (Å²) in [6.45, 7) is 11.0. The van der Waals surface area contributed by atoms with E-state index in [0.717, 1.165) is 24.4 Å². The summed E-state index contributed by atoms with van der Waals surface area (Å²) in [5.74, 6) is 0. The van der Waals surface area contributed by atoms with Crippen molar-refractivity contribution in [1.29, 1.82) is 0 Å². The van der Waals surface area contributed by atoms with Crippen molar-refractivity contribution >= 4 is 11.6 Å². The molecule has 1 aromatic heterocycles. The first-order chi connectivity index (χ1) is 9.26. The van der Waals surface area contributed by atoms with Crippen LogP contribution in [0, 0.1) is 5.41 Å². The number of hydrogen-bond donors (Lipinski definition) is 1. The molecule has 0 aromatic carbocycles. The Bertz CT molecular complexity index is 438. The van der Waals surface area contributed by atoms with Crippen LogP contribution in [0.3, 0.4) is 0 Å². The van der Waals surface area contributed by atoms with E-state index >= 15 is 0 Å². The first kappa shape index (κ1) is 17.5. The average Bonchev–Trinajstić information content (AvgIpc) is 2.65. The number of aryl methyl sites for hydroxylation is 2. The molecule has 2 atom stereocenters. The summed E-state index contributed by atoms with van der Waals surface area (Å²) in [6, 6.07) is 0. The molecule has 0 aliphatic rings. The minimum Gasteiger partial charge on any atom is -0.390 e. The van der Waals surface area contributed by atoms with E-state index in [1.807, 2.05) is 18.5 Å². The van der Waals surface area contributed by atoms with Crippen LogP contribution in [-0.2, 0) is 24.1 Å². The minimum absolute atomic E-state index is 0.134. The molecule has 0 radical (unpaired) electrons. The topological polar surface area (TPSA) is 47.3 Å². The van der Waals surface area contributed by atoms with Crippen LogP contribution in [-0.4, -0.2) is 34.2 Å². The number of aromatic nitrogens is 2. The number of hydrogen-bond acceptors (Lipinski definition) is 3. The van der Waals surface area contributed by atoms with Crippen molar-refractivity contribution in [2.75, 3.05) is 7.11 Å². The van der Waals surface area contributed by atoms with Crippen LogP contribution in [0.1, 0.15) is 46.0 Å². The van der Waals surface area contributed by atoms with E-state index in [1.165, 1.54) is 0 Å². The van der Waals surface area contributed by atoms with Crippen molar-refractivity contribution in [1.82, 2.24) is 9.78 Å². The average molecular weight is 303 g/mol. The van der Waals surface area contributed by atoms with Gasteiger partial charge in [-0.15, -0.1) is 0 Å². The van der Waals surface area contributed by atoms with Gasteiger partial charge in [-0.3, -0.25) is 4.68 Å². The molecule has 1 rings (SSSR count). The van der Waals surface area contributed by atoms with Crippen LogP contribution < -0.4 is 0 Å². The zero-order chi connectivity index (χ0) is 15.5. The summed E-state index contributed by atoms with van der Waals surface area (Å²) in [6.07, 6.45) is 0.394. The van der Waals surface area contributed by atoms with Gasteiger partial charge in [-0.05, 0) is 18.8 Å². The van der Waals surface area contributed by atoms with Gasteiger partial charge in [0.25, 0.3) is 0 Å². The van der Waals surface area contributed by atoms with Gasteiger partial charge in [-0.2, -0.15) is 5.10 Å². The lowest BCUT2D eigenvalue weighted by atomic mass is 9.84. The molecule has 20 heavy (non-hydrogen) atoms. The van der Waals surface area contributed by atoms with Gasteiger partial charge in [-0.1, -0.05) is 39.3 Å². The normalized spacial score (nSPS) is 15.4. The van der Waals surface area contributed by atoms with Crippen LogP contribution >= 0.6 is 11.6 Å². The number of ether oxygens (including phenoxy) is 1. The summed E-state index contributed by atoms with van der Waals surface area (Å²) < 4.78 is 7.35. The third-order valence-electron chi connectivity index (χ3n) is 3.55. The molecule has 0 saturated heterocycles. The molecule has 1 heterocycles. The molecule has 5 heteroatoms. The number of methoxy groups -OCH3 is 1. The summed E-state index contributed by atoms with van der Waals surface area (Å²) in [4.78, 5) is 0. The third-order valence-corrected chi connectivity index (χ3v) is 3.99. The standard InChI is InChI=1S/C15H27ClN2O2/c1-7-10-13(16)11(18(8-2)17-10)9-12(19)14(20-6)15(3,4)5/h12,14,19H,7-9H2,1-6H3. The van der Waals surface area contributed by atoms with Crippen molar-refractivity contribution in [3.8, 4) is 0 Å². The number of rotatable bonds is 6. The maximum absolute atomic E-state index is 10.5. The van der Waals surface area contributed by atoms with Crippen molar-refractivity contribution in [3.05, 3.63) is 16.4 Å². The Hall–Kier alpha value is -0.580. The molecule has 0 saturated carbocycles. The fourth-order valence-electron chi connectivity index (χ4n) is 2.61. The second-order valence-corrected chi connectivity index (χ2v) is 6.55. The van der Waals surface area contributed by atoms with Gasteiger partial charge in [0, 0.05) is 20.1 Å². The fourth-order valence-corrected chi connectivity index (χ4v) is 2.95. The fraction of sp³-hybridized carbons (Fsp3) is 0.800. The molecule has 2 unspecified atom stereocenters. The first-order valence-electron chi connectivity index (χ1n) is 7.21. The number of aliphatic hydroxyl groups excluding tert-OH is 1. The summed E-state index contributed by atoms with van der Waals surface area (Å²) in [7, 11) is 1.63. The van der Waals surface area contributed by atoms with Gasteiger partial charge in [0.1, 0.15) is 0 Å². The van der Waals surface area contributed by atoms with E-state index in [4.69, 9.17) is 16.3 Å². The number of aliphatic hydroxyl groups is 1. The van der Waals surface area contributed by atoms with Gasteiger partial charge in [0.05, 0.1) is 28.6 Å². The second kappa shape index (κ2) is 6.92. The molecule has 0 fully saturated rings. The Morgan fingerprint density at radius 3 is 2.35 bits per heavy atom. The predicted molar refractivity (Wildman–Crippen MR) is 82.3 cm³/mol. The molecular weight excluding hydrogens is 276 g/mol. The highest BCUT2D eigenvalue weighted by Gasteiger charge is 2.32. The van der Waals surface area contributed by atoms with Crippen LogP contribution in [0.25, 0.3) is 0 Å². The minimum atomic E-state index is -0.607. The van der Waals surface area contributed by atoms with Crippen LogP contribution in [0.2, 0.25) is 5.02 Å². The van der Waals surface area contributed by atoms with Crippen molar-refractivity contribution in [2.24, 2.45) is 5.41 Å². The van der Waals surface area contributed by atoms with Gasteiger partial charge >= 0.3 is 0 Å².